The molecule has 1 aromatic carbocycles. The summed E-state index contributed by atoms with van der Waals surface area (Å²) in [4.78, 5) is 4.92. The van der Waals surface area contributed by atoms with Crippen molar-refractivity contribution in [1.82, 2.24) is 9.80 Å². The second-order valence-corrected chi connectivity index (χ2v) is 6.14. The Morgan fingerprint density at radius 3 is 3.00 bits per heavy atom. The Hall–Kier alpha value is -0.970. The van der Waals surface area contributed by atoms with Crippen molar-refractivity contribution in [3.8, 4) is 0 Å². The summed E-state index contributed by atoms with van der Waals surface area (Å²) in [5.41, 5.74) is 7.06. The van der Waals surface area contributed by atoms with Crippen molar-refractivity contribution in [2.24, 2.45) is 5.73 Å². The fraction of sp³-hybridized carbons (Fsp3) is 0.647. The zero-order valence-electron chi connectivity index (χ0n) is 13.3. The molecule has 1 aliphatic heterocycles. The van der Waals surface area contributed by atoms with Crippen molar-refractivity contribution < 1.29 is 4.39 Å². The number of rotatable bonds is 7. The lowest BCUT2D eigenvalue weighted by atomic mass is 10.0. The molecule has 0 radical (unpaired) electrons. The second kappa shape index (κ2) is 7.87. The molecule has 0 aliphatic carbocycles. The molecule has 0 amide bonds. The van der Waals surface area contributed by atoms with Gasteiger partial charge < -0.3 is 10.6 Å². The van der Waals surface area contributed by atoms with Crippen molar-refractivity contribution in [3.63, 3.8) is 0 Å². The summed E-state index contributed by atoms with van der Waals surface area (Å²) in [5, 5.41) is 0. The van der Waals surface area contributed by atoms with Gasteiger partial charge in [0.05, 0.1) is 0 Å². The van der Waals surface area contributed by atoms with Crippen molar-refractivity contribution in [2.75, 3.05) is 33.2 Å². The van der Waals surface area contributed by atoms with Gasteiger partial charge in [0.25, 0.3) is 0 Å². The van der Waals surface area contributed by atoms with E-state index in [1.807, 2.05) is 6.07 Å². The van der Waals surface area contributed by atoms with Crippen LogP contribution in [-0.4, -0.2) is 49.1 Å². The maximum Gasteiger partial charge on any atom is 0.123 e. The van der Waals surface area contributed by atoms with Gasteiger partial charge in [0.1, 0.15) is 5.82 Å². The first-order valence-corrected chi connectivity index (χ1v) is 8.03. The Labute approximate surface area is 127 Å². The van der Waals surface area contributed by atoms with Crippen LogP contribution in [0.25, 0.3) is 0 Å². The van der Waals surface area contributed by atoms with E-state index >= 15 is 0 Å². The largest absolute Gasteiger partial charge is 0.324 e. The van der Waals surface area contributed by atoms with E-state index in [9.17, 15) is 4.39 Å². The lowest BCUT2D eigenvalue weighted by Crippen LogP contribution is -2.39. The number of hydrogen-bond acceptors (Lipinski definition) is 3. The van der Waals surface area contributed by atoms with Gasteiger partial charge in [-0.25, -0.2) is 4.39 Å². The monoisotopic (exact) mass is 293 g/mol. The minimum absolute atomic E-state index is 0.0889. The quantitative estimate of drug-likeness (QED) is 0.839. The first-order chi connectivity index (χ1) is 10.1. The van der Waals surface area contributed by atoms with Gasteiger partial charge in [0, 0.05) is 18.6 Å². The second-order valence-electron chi connectivity index (χ2n) is 6.14. The number of nitrogens with zero attached hydrogens (tertiary/aromatic N) is 2. The van der Waals surface area contributed by atoms with E-state index in [1.165, 1.54) is 25.5 Å². The molecule has 0 bridgehead atoms. The van der Waals surface area contributed by atoms with E-state index in [4.69, 9.17) is 5.73 Å². The molecule has 1 aromatic rings. The Bertz CT molecular complexity index is 438. The average molecular weight is 293 g/mol. The van der Waals surface area contributed by atoms with Crippen LogP contribution >= 0.6 is 0 Å². The summed E-state index contributed by atoms with van der Waals surface area (Å²) in [6.45, 7) is 6.66. The van der Waals surface area contributed by atoms with E-state index < -0.39 is 0 Å². The molecular weight excluding hydrogens is 265 g/mol. The van der Waals surface area contributed by atoms with Crippen LogP contribution in [0.1, 0.15) is 37.8 Å². The van der Waals surface area contributed by atoms with Crippen LogP contribution < -0.4 is 5.73 Å². The number of likely N-dealkylation sites (tertiary alicyclic amines) is 1. The highest BCUT2D eigenvalue weighted by molar-refractivity contribution is 5.19. The number of likely N-dealkylation sites (N-methyl/N-ethyl adjacent to an activating group) is 2. The predicted molar refractivity (Wildman–Crippen MR) is 85.7 cm³/mol. The van der Waals surface area contributed by atoms with Crippen LogP contribution in [-0.2, 0) is 0 Å². The molecule has 2 atom stereocenters. The highest BCUT2D eigenvalue weighted by Gasteiger charge is 2.23. The Morgan fingerprint density at radius 1 is 1.48 bits per heavy atom. The van der Waals surface area contributed by atoms with E-state index in [-0.39, 0.29) is 11.9 Å². The first kappa shape index (κ1) is 16.4. The summed E-state index contributed by atoms with van der Waals surface area (Å²) >= 11 is 0. The normalized spacial score (nSPS) is 21.1. The smallest absolute Gasteiger partial charge is 0.123 e. The Kier molecular flexibility index (Phi) is 6.15. The van der Waals surface area contributed by atoms with Gasteiger partial charge in [-0.15, -0.1) is 0 Å². The molecule has 2 rings (SSSR count). The van der Waals surface area contributed by atoms with Gasteiger partial charge in [-0.05, 0) is 63.6 Å². The van der Waals surface area contributed by atoms with Gasteiger partial charge in [-0.2, -0.15) is 0 Å². The van der Waals surface area contributed by atoms with Crippen LogP contribution in [0.15, 0.2) is 24.3 Å². The number of benzene rings is 1. The van der Waals surface area contributed by atoms with E-state index in [0.717, 1.165) is 31.6 Å². The third-order valence-electron chi connectivity index (χ3n) is 4.53. The van der Waals surface area contributed by atoms with Crippen LogP contribution in [0.4, 0.5) is 4.39 Å². The minimum atomic E-state index is -0.208. The van der Waals surface area contributed by atoms with Crippen molar-refractivity contribution in [1.29, 1.82) is 0 Å². The maximum atomic E-state index is 13.2. The van der Waals surface area contributed by atoms with Gasteiger partial charge >= 0.3 is 0 Å². The standard InChI is InChI=1S/C17H28FN3/c1-3-21-10-5-8-16(21)13-20(2)11-9-17(19)14-6-4-7-15(18)12-14/h4,6-7,12,16-17H,3,5,8-11,13,19H2,1-2H3. The lowest BCUT2D eigenvalue weighted by molar-refractivity contribution is 0.195. The molecular formula is C17H28FN3. The molecule has 2 N–H and O–H groups in total. The lowest BCUT2D eigenvalue weighted by Gasteiger charge is -2.28. The number of hydrogen-bond donors (Lipinski definition) is 1. The third kappa shape index (κ3) is 4.77. The summed E-state index contributed by atoms with van der Waals surface area (Å²) in [6, 6.07) is 7.23. The highest BCUT2D eigenvalue weighted by Crippen LogP contribution is 2.19. The van der Waals surface area contributed by atoms with Crippen LogP contribution in [0.5, 0.6) is 0 Å². The Morgan fingerprint density at radius 2 is 2.29 bits per heavy atom. The molecule has 21 heavy (non-hydrogen) atoms. The summed E-state index contributed by atoms with van der Waals surface area (Å²) in [6.07, 6.45) is 3.47. The summed E-state index contributed by atoms with van der Waals surface area (Å²) < 4.78 is 13.2. The highest BCUT2D eigenvalue weighted by atomic mass is 19.1. The third-order valence-corrected chi connectivity index (χ3v) is 4.53. The van der Waals surface area contributed by atoms with Gasteiger partial charge in [-0.1, -0.05) is 19.1 Å². The molecule has 1 fully saturated rings. The predicted octanol–water partition coefficient (Wildman–Crippen LogP) is 2.63. The molecule has 0 saturated carbocycles. The van der Waals surface area contributed by atoms with Crippen molar-refractivity contribution in [2.45, 2.75) is 38.3 Å². The van der Waals surface area contributed by atoms with Crippen LogP contribution in [0, 0.1) is 5.82 Å². The van der Waals surface area contributed by atoms with E-state index in [2.05, 4.69) is 23.8 Å². The molecule has 1 aliphatic rings. The zero-order chi connectivity index (χ0) is 15.2. The number of halogens is 1. The molecule has 118 valence electrons. The SMILES string of the molecule is CCN1CCCC1CN(C)CCC(N)c1cccc(F)c1. The topological polar surface area (TPSA) is 32.5 Å². The van der Waals surface area contributed by atoms with Gasteiger partial charge in [-0.3, -0.25) is 4.90 Å². The van der Waals surface area contributed by atoms with Crippen LogP contribution in [0.3, 0.4) is 0 Å². The fourth-order valence-corrected chi connectivity index (χ4v) is 3.23. The maximum absolute atomic E-state index is 13.2. The van der Waals surface area contributed by atoms with E-state index in [0.29, 0.717) is 6.04 Å². The molecule has 0 spiro atoms. The molecule has 1 heterocycles. The molecule has 3 nitrogen and oxygen atoms in total. The van der Waals surface area contributed by atoms with E-state index in [1.54, 1.807) is 12.1 Å². The van der Waals surface area contributed by atoms with Crippen molar-refractivity contribution in [3.05, 3.63) is 35.6 Å². The molecule has 0 aromatic heterocycles. The molecule has 1 saturated heterocycles. The summed E-state index contributed by atoms with van der Waals surface area (Å²) in [5.74, 6) is -0.208. The average Bonchev–Trinajstić information content (AvgIpc) is 2.92. The first-order valence-electron chi connectivity index (χ1n) is 8.03. The zero-order valence-corrected chi connectivity index (χ0v) is 13.3. The van der Waals surface area contributed by atoms with Gasteiger partial charge in [0.2, 0.25) is 0 Å². The van der Waals surface area contributed by atoms with Crippen LogP contribution in [0.2, 0.25) is 0 Å². The molecule has 4 heteroatoms. The summed E-state index contributed by atoms with van der Waals surface area (Å²) in [7, 11) is 2.16. The Balaban J connectivity index is 1.77. The van der Waals surface area contributed by atoms with Gasteiger partial charge in [0.15, 0.2) is 0 Å². The number of nitrogens with two attached hydrogens (primary N) is 1. The minimum Gasteiger partial charge on any atom is -0.324 e. The fourth-order valence-electron chi connectivity index (χ4n) is 3.23. The molecule has 2 unspecified atom stereocenters. The van der Waals surface area contributed by atoms with Crippen molar-refractivity contribution >= 4 is 0 Å².